The van der Waals surface area contributed by atoms with E-state index in [1.807, 2.05) is 0 Å². The zero-order chi connectivity index (χ0) is 23.4. The van der Waals surface area contributed by atoms with Crippen LogP contribution >= 0.6 is 0 Å². The molecule has 3 aromatic carbocycles. The Balaban J connectivity index is 2.02. The maximum absolute atomic E-state index is 15.1. The van der Waals surface area contributed by atoms with Gasteiger partial charge in [0.1, 0.15) is 23.1 Å². The molecule has 1 N–H and O–H groups in total. The lowest BCUT2D eigenvalue weighted by Crippen LogP contribution is -2.17. The number of hydrogen-bond acceptors (Lipinski definition) is 5. The zero-order valence-electron chi connectivity index (χ0n) is 17.8. The number of ether oxygens (including phenoxy) is 2. The number of carbonyl (C=O) groups is 1. The van der Waals surface area contributed by atoms with Crippen LogP contribution in [0.2, 0.25) is 0 Å². The number of phenols is 1. The summed E-state index contributed by atoms with van der Waals surface area (Å²) in [5.74, 6) is -3.62. The number of carbonyl (C=O) groups excluding carboxylic acids is 1. The van der Waals surface area contributed by atoms with Crippen molar-refractivity contribution in [3.63, 3.8) is 0 Å². The SMILES string of the molecule is CCOC(=O)COc1ccc(F)c(N(C)c2cc(-c3cccc(F)c3)cc(C)c2O)c1F. The highest BCUT2D eigenvalue weighted by molar-refractivity contribution is 5.78. The lowest BCUT2D eigenvalue weighted by atomic mass is 10.0. The van der Waals surface area contributed by atoms with Gasteiger partial charge in [0.15, 0.2) is 18.2 Å². The van der Waals surface area contributed by atoms with Crippen LogP contribution in [0.1, 0.15) is 12.5 Å². The van der Waals surface area contributed by atoms with Crippen LogP contribution in [0.4, 0.5) is 24.5 Å². The van der Waals surface area contributed by atoms with E-state index in [-0.39, 0.29) is 23.8 Å². The lowest BCUT2D eigenvalue weighted by molar-refractivity contribution is -0.145. The minimum Gasteiger partial charge on any atom is -0.505 e. The molecule has 0 aliphatic carbocycles. The van der Waals surface area contributed by atoms with Gasteiger partial charge in [0.2, 0.25) is 0 Å². The van der Waals surface area contributed by atoms with Gasteiger partial charge < -0.3 is 19.5 Å². The van der Waals surface area contributed by atoms with Gasteiger partial charge in [-0.1, -0.05) is 12.1 Å². The van der Waals surface area contributed by atoms with E-state index >= 15 is 4.39 Å². The minimum atomic E-state index is -1.05. The van der Waals surface area contributed by atoms with Gasteiger partial charge in [-0.2, -0.15) is 0 Å². The molecule has 0 aromatic heterocycles. The predicted octanol–water partition coefficient (Wildman–Crippen LogP) is 5.49. The van der Waals surface area contributed by atoms with E-state index < -0.39 is 35.7 Å². The number of aryl methyl sites for hydroxylation is 1. The monoisotopic (exact) mass is 445 g/mol. The van der Waals surface area contributed by atoms with E-state index in [4.69, 9.17) is 9.47 Å². The zero-order valence-corrected chi connectivity index (χ0v) is 17.8. The van der Waals surface area contributed by atoms with Crippen LogP contribution in [-0.4, -0.2) is 31.3 Å². The molecule has 0 saturated carbocycles. The number of anilines is 2. The molecule has 5 nitrogen and oxygen atoms in total. The summed E-state index contributed by atoms with van der Waals surface area (Å²) < 4.78 is 53.3. The summed E-state index contributed by atoms with van der Waals surface area (Å²) in [6.07, 6.45) is 0. The first kappa shape index (κ1) is 23.0. The maximum atomic E-state index is 15.1. The summed E-state index contributed by atoms with van der Waals surface area (Å²) in [6.45, 7) is 2.85. The van der Waals surface area contributed by atoms with Gasteiger partial charge in [0.05, 0.1) is 12.3 Å². The van der Waals surface area contributed by atoms with E-state index in [9.17, 15) is 18.7 Å². The molecule has 3 rings (SSSR count). The highest BCUT2D eigenvalue weighted by Crippen LogP contribution is 2.41. The van der Waals surface area contributed by atoms with E-state index in [1.165, 1.54) is 25.2 Å². The molecular formula is C24H22F3NO4. The molecule has 0 aliphatic heterocycles. The van der Waals surface area contributed by atoms with E-state index in [1.54, 1.807) is 32.0 Å². The summed E-state index contributed by atoms with van der Waals surface area (Å²) in [6, 6.07) is 11.1. The van der Waals surface area contributed by atoms with Crippen LogP contribution in [-0.2, 0) is 9.53 Å². The third kappa shape index (κ3) is 4.80. The summed E-state index contributed by atoms with van der Waals surface area (Å²) in [5.41, 5.74) is 1.14. The van der Waals surface area contributed by atoms with Gasteiger partial charge in [-0.25, -0.2) is 18.0 Å². The molecule has 0 fully saturated rings. The largest absolute Gasteiger partial charge is 0.505 e. The van der Waals surface area contributed by atoms with Crippen molar-refractivity contribution >= 4 is 17.3 Å². The quantitative estimate of drug-likeness (QED) is 0.487. The van der Waals surface area contributed by atoms with Crippen molar-refractivity contribution in [3.8, 4) is 22.6 Å². The molecule has 0 spiro atoms. The molecular weight excluding hydrogens is 423 g/mol. The van der Waals surface area contributed by atoms with E-state index in [0.717, 1.165) is 17.0 Å². The normalized spacial score (nSPS) is 10.7. The van der Waals surface area contributed by atoms with Crippen molar-refractivity contribution < 1.29 is 32.5 Å². The number of phenolic OH excluding ortho intramolecular Hbond substituents is 1. The van der Waals surface area contributed by atoms with Crippen LogP contribution in [0.15, 0.2) is 48.5 Å². The van der Waals surface area contributed by atoms with Crippen LogP contribution in [0.5, 0.6) is 11.5 Å². The molecule has 0 saturated heterocycles. The number of benzene rings is 3. The first-order valence-corrected chi connectivity index (χ1v) is 9.82. The second kappa shape index (κ2) is 9.64. The average molecular weight is 445 g/mol. The van der Waals surface area contributed by atoms with Gasteiger partial charge >= 0.3 is 5.97 Å². The van der Waals surface area contributed by atoms with Crippen molar-refractivity contribution in [1.82, 2.24) is 0 Å². The number of esters is 1. The Labute approximate surface area is 183 Å². The van der Waals surface area contributed by atoms with Crippen LogP contribution in [0.3, 0.4) is 0 Å². The second-order valence-electron chi connectivity index (χ2n) is 7.03. The standard InChI is InChI=1S/C24H22F3NO4/c1-4-31-21(29)13-32-20-9-8-18(26)23(22(20)27)28(3)19-12-16(10-14(2)24(19)30)15-6-5-7-17(25)11-15/h5-12,30H,4,13H2,1-3H3. The molecule has 32 heavy (non-hydrogen) atoms. The summed E-state index contributed by atoms with van der Waals surface area (Å²) in [4.78, 5) is 12.6. The fourth-order valence-corrected chi connectivity index (χ4v) is 3.25. The third-order valence-corrected chi connectivity index (χ3v) is 4.82. The number of aromatic hydroxyl groups is 1. The molecule has 168 valence electrons. The highest BCUT2D eigenvalue weighted by atomic mass is 19.1. The maximum Gasteiger partial charge on any atom is 0.344 e. The number of hydrogen-bond donors (Lipinski definition) is 1. The van der Waals surface area contributed by atoms with Gasteiger partial charge in [-0.3, -0.25) is 0 Å². The minimum absolute atomic E-state index is 0.101. The molecule has 3 aromatic rings. The molecule has 0 amide bonds. The Kier molecular flexibility index (Phi) is 6.92. The Morgan fingerprint density at radius 2 is 1.81 bits per heavy atom. The second-order valence-corrected chi connectivity index (χ2v) is 7.03. The number of nitrogens with zero attached hydrogens (tertiary/aromatic N) is 1. The van der Waals surface area contributed by atoms with Crippen LogP contribution < -0.4 is 9.64 Å². The fourth-order valence-electron chi connectivity index (χ4n) is 3.25. The van der Waals surface area contributed by atoms with Crippen LogP contribution in [0, 0.1) is 24.4 Å². The first-order valence-electron chi connectivity index (χ1n) is 9.82. The van der Waals surface area contributed by atoms with Gasteiger partial charge in [0.25, 0.3) is 0 Å². The Morgan fingerprint density at radius 3 is 2.50 bits per heavy atom. The third-order valence-electron chi connectivity index (χ3n) is 4.82. The molecule has 0 atom stereocenters. The molecule has 0 unspecified atom stereocenters. The predicted molar refractivity (Wildman–Crippen MR) is 115 cm³/mol. The van der Waals surface area contributed by atoms with Gasteiger partial charge in [0, 0.05) is 7.05 Å². The summed E-state index contributed by atoms with van der Waals surface area (Å²) in [7, 11) is 1.38. The molecule has 0 heterocycles. The lowest BCUT2D eigenvalue weighted by Gasteiger charge is -2.24. The van der Waals surface area contributed by atoms with Gasteiger partial charge in [-0.15, -0.1) is 0 Å². The highest BCUT2D eigenvalue weighted by Gasteiger charge is 2.23. The van der Waals surface area contributed by atoms with Gasteiger partial charge in [-0.05, 0) is 66.9 Å². The van der Waals surface area contributed by atoms with Crippen molar-refractivity contribution in [2.75, 3.05) is 25.2 Å². The molecule has 0 radical (unpaired) electrons. The number of rotatable bonds is 7. The Hall–Kier alpha value is -3.68. The van der Waals surface area contributed by atoms with Crippen molar-refractivity contribution in [3.05, 3.63) is 71.5 Å². The molecule has 8 heteroatoms. The number of halogens is 3. The van der Waals surface area contributed by atoms with Crippen LogP contribution in [0.25, 0.3) is 11.1 Å². The van der Waals surface area contributed by atoms with Crippen molar-refractivity contribution in [2.45, 2.75) is 13.8 Å². The van der Waals surface area contributed by atoms with E-state index in [0.29, 0.717) is 16.7 Å². The Morgan fingerprint density at radius 1 is 1.06 bits per heavy atom. The average Bonchev–Trinajstić information content (AvgIpc) is 2.75. The van der Waals surface area contributed by atoms with Crippen molar-refractivity contribution in [2.24, 2.45) is 0 Å². The van der Waals surface area contributed by atoms with Crippen molar-refractivity contribution in [1.29, 1.82) is 0 Å². The molecule has 0 aliphatic rings. The summed E-state index contributed by atoms with van der Waals surface area (Å²) in [5, 5.41) is 10.6. The first-order chi connectivity index (χ1) is 15.2. The molecule has 0 bridgehead atoms. The fraction of sp³-hybridized carbons (Fsp3) is 0.208. The summed E-state index contributed by atoms with van der Waals surface area (Å²) >= 11 is 0. The van der Waals surface area contributed by atoms with E-state index in [2.05, 4.69) is 0 Å². The topological polar surface area (TPSA) is 59.0 Å². The Bertz CT molecular complexity index is 1150. The smallest absolute Gasteiger partial charge is 0.344 e.